The number of urea groups is 1. The third kappa shape index (κ3) is 4.23. The fourth-order valence-electron chi connectivity index (χ4n) is 3.08. The molecule has 24 heavy (non-hydrogen) atoms. The number of carbonyl (C=O) groups is 2. The zero-order valence-corrected chi connectivity index (χ0v) is 15.2. The summed E-state index contributed by atoms with van der Waals surface area (Å²) < 4.78 is 0.233. The van der Waals surface area contributed by atoms with Crippen molar-refractivity contribution >= 4 is 35.1 Å². The van der Waals surface area contributed by atoms with Gasteiger partial charge in [0, 0.05) is 41.4 Å². The van der Waals surface area contributed by atoms with Crippen LogP contribution in [-0.4, -0.2) is 40.4 Å². The van der Waals surface area contributed by atoms with Crippen LogP contribution in [0.1, 0.15) is 38.7 Å². The molecule has 0 atom stereocenters. The molecule has 1 saturated heterocycles. The molecule has 0 saturated carbocycles. The molecule has 0 bridgehead atoms. The molecule has 6 heteroatoms. The van der Waals surface area contributed by atoms with Crippen molar-refractivity contribution in [2.45, 2.75) is 44.3 Å². The lowest BCUT2D eigenvalue weighted by Gasteiger charge is -2.23. The maximum atomic E-state index is 12.6. The summed E-state index contributed by atoms with van der Waals surface area (Å²) in [4.78, 5) is 26.1. The van der Waals surface area contributed by atoms with Crippen molar-refractivity contribution in [3.8, 4) is 0 Å². The highest BCUT2D eigenvalue weighted by Crippen LogP contribution is 2.31. The van der Waals surface area contributed by atoms with Gasteiger partial charge in [0.2, 0.25) is 5.91 Å². The molecule has 0 spiro atoms. The summed E-state index contributed by atoms with van der Waals surface area (Å²) in [6.45, 7) is 6.04. The Kier molecular flexibility index (Phi) is 5.04. The van der Waals surface area contributed by atoms with Gasteiger partial charge in [0.25, 0.3) is 0 Å². The van der Waals surface area contributed by atoms with E-state index in [0.29, 0.717) is 6.42 Å². The lowest BCUT2D eigenvalue weighted by atomic mass is 10.1. The Bertz CT molecular complexity index is 645. The molecule has 2 aliphatic heterocycles. The summed E-state index contributed by atoms with van der Waals surface area (Å²) >= 11 is 1.93. The maximum Gasteiger partial charge on any atom is 0.321 e. The molecule has 2 heterocycles. The summed E-state index contributed by atoms with van der Waals surface area (Å²) in [5, 5.41) is 5.93. The molecule has 3 amide bonds. The Balaban J connectivity index is 1.66. The van der Waals surface area contributed by atoms with Crippen LogP contribution in [0.15, 0.2) is 18.2 Å². The van der Waals surface area contributed by atoms with E-state index in [0.717, 1.165) is 55.0 Å². The number of anilines is 2. The predicted octanol–water partition coefficient (Wildman–Crippen LogP) is 3.71. The number of thioether (sulfide) groups is 1. The smallest absolute Gasteiger partial charge is 0.321 e. The van der Waals surface area contributed by atoms with Gasteiger partial charge in [0.1, 0.15) is 0 Å². The fourth-order valence-corrected chi connectivity index (χ4v) is 4.18. The van der Waals surface area contributed by atoms with Crippen LogP contribution in [0.3, 0.4) is 0 Å². The van der Waals surface area contributed by atoms with Crippen LogP contribution >= 0.6 is 11.8 Å². The summed E-state index contributed by atoms with van der Waals surface area (Å²) in [5.41, 5.74) is 2.75. The monoisotopic (exact) mass is 347 g/mol. The zero-order valence-electron chi connectivity index (χ0n) is 14.4. The Hall–Kier alpha value is -1.69. The minimum Gasteiger partial charge on any atom is -0.326 e. The van der Waals surface area contributed by atoms with Gasteiger partial charge in [-0.1, -0.05) is 13.8 Å². The van der Waals surface area contributed by atoms with Crippen LogP contribution in [0.5, 0.6) is 0 Å². The van der Waals surface area contributed by atoms with E-state index in [9.17, 15) is 9.59 Å². The third-order valence-electron chi connectivity index (χ3n) is 4.61. The van der Waals surface area contributed by atoms with Gasteiger partial charge >= 0.3 is 6.03 Å². The first-order valence-corrected chi connectivity index (χ1v) is 9.54. The molecule has 2 N–H and O–H groups in total. The normalized spacial score (nSPS) is 20.4. The van der Waals surface area contributed by atoms with E-state index in [1.165, 1.54) is 0 Å². The first-order chi connectivity index (χ1) is 11.4. The number of hydrogen-bond donors (Lipinski definition) is 2. The van der Waals surface area contributed by atoms with Gasteiger partial charge in [-0.15, -0.1) is 0 Å². The van der Waals surface area contributed by atoms with Gasteiger partial charge in [0.05, 0.1) is 0 Å². The predicted molar refractivity (Wildman–Crippen MR) is 99.8 cm³/mol. The molecule has 0 aromatic heterocycles. The van der Waals surface area contributed by atoms with E-state index in [1.54, 1.807) is 0 Å². The summed E-state index contributed by atoms with van der Waals surface area (Å²) in [5.74, 6) is 1.03. The molecule has 1 fully saturated rings. The first-order valence-electron chi connectivity index (χ1n) is 8.56. The highest BCUT2D eigenvalue weighted by atomic mass is 32.2. The molecule has 130 valence electrons. The maximum absolute atomic E-state index is 12.6. The fraction of sp³-hybridized carbons (Fsp3) is 0.556. The molecular weight excluding hydrogens is 322 g/mol. The van der Waals surface area contributed by atoms with Crippen molar-refractivity contribution in [3.05, 3.63) is 23.8 Å². The van der Waals surface area contributed by atoms with Crippen LogP contribution in [0.25, 0.3) is 0 Å². The third-order valence-corrected chi connectivity index (χ3v) is 5.98. The molecule has 5 nitrogen and oxygen atoms in total. The quantitative estimate of drug-likeness (QED) is 0.814. The van der Waals surface area contributed by atoms with Crippen molar-refractivity contribution in [1.29, 1.82) is 0 Å². The lowest BCUT2D eigenvalue weighted by Crippen LogP contribution is -2.37. The molecule has 2 aliphatic rings. The number of aryl methyl sites for hydroxylation is 1. The standard InChI is InChI=1S/C18H25N3O2S/c1-18(2)8-9-21(10-11-24-18)17(23)19-14-6-7-15-13(12-14)4-3-5-16(22)20-15/h6-7,12H,3-5,8-11H2,1-2H3,(H,19,23)(H,20,22). The summed E-state index contributed by atoms with van der Waals surface area (Å²) in [7, 11) is 0. The minimum absolute atomic E-state index is 0.0362. The number of fused-ring (bicyclic) bond motifs is 1. The zero-order chi connectivity index (χ0) is 17.2. The van der Waals surface area contributed by atoms with Crippen LogP contribution in [0.2, 0.25) is 0 Å². The Morgan fingerprint density at radius 1 is 1.29 bits per heavy atom. The summed E-state index contributed by atoms with van der Waals surface area (Å²) in [6, 6.07) is 5.69. The molecular formula is C18H25N3O2S. The molecule has 0 radical (unpaired) electrons. The van der Waals surface area contributed by atoms with Crippen molar-refractivity contribution in [2.75, 3.05) is 29.5 Å². The number of rotatable bonds is 1. The van der Waals surface area contributed by atoms with Gasteiger partial charge in [-0.2, -0.15) is 11.8 Å². The number of amides is 3. The van der Waals surface area contributed by atoms with Gasteiger partial charge in [0.15, 0.2) is 0 Å². The van der Waals surface area contributed by atoms with Gasteiger partial charge in [-0.3, -0.25) is 4.79 Å². The van der Waals surface area contributed by atoms with E-state index in [4.69, 9.17) is 0 Å². The molecule has 3 rings (SSSR count). The largest absolute Gasteiger partial charge is 0.326 e. The lowest BCUT2D eigenvalue weighted by molar-refractivity contribution is -0.116. The molecule has 1 aromatic rings. The Morgan fingerprint density at radius 3 is 2.96 bits per heavy atom. The van der Waals surface area contributed by atoms with E-state index in [-0.39, 0.29) is 16.7 Å². The van der Waals surface area contributed by atoms with Crippen LogP contribution < -0.4 is 10.6 Å². The topological polar surface area (TPSA) is 61.4 Å². The SMILES string of the molecule is CC1(C)CCN(C(=O)Nc2ccc3c(c2)CCCC(=O)N3)CCS1. The Morgan fingerprint density at radius 2 is 2.12 bits per heavy atom. The first kappa shape index (κ1) is 17.1. The van der Waals surface area contributed by atoms with E-state index in [2.05, 4.69) is 24.5 Å². The van der Waals surface area contributed by atoms with Gasteiger partial charge in [-0.25, -0.2) is 4.79 Å². The van der Waals surface area contributed by atoms with Crippen LogP contribution in [0.4, 0.5) is 16.2 Å². The highest BCUT2D eigenvalue weighted by molar-refractivity contribution is 8.00. The second-order valence-electron chi connectivity index (χ2n) is 7.05. The average Bonchev–Trinajstić information content (AvgIpc) is 2.81. The number of benzene rings is 1. The number of nitrogens with one attached hydrogen (secondary N) is 2. The average molecular weight is 347 g/mol. The van der Waals surface area contributed by atoms with Crippen LogP contribution in [-0.2, 0) is 11.2 Å². The van der Waals surface area contributed by atoms with Crippen molar-refractivity contribution in [1.82, 2.24) is 4.90 Å². The minimum atomic E-state index is -0.0362. The summed E-state index contributed by atoms with van der Waals surface area (Å²) in [6.07, 6.45) is 3.25. The van der Waals surface area contributed by atoms with E-state index >= 15 is 0 Å². The van der Waals surface area contributed by atoms with Crippen molar-refractivity contribution in [3.63, 3.8) is 0 Å². The number of nitrogens with zero attached hydrogens (tertiary/aromatic N) is 1. The van der Waals surface area contributed by atoms with Crippen molar-refractivity contribution < 1.29 is 9.59 Å². The second-order valence-corrected chi connectivity index (χ2v) is 8.85. The van der Waals surface area contributed by atoms with Crippen LogP contribution in [0, 0.1) is 0 Å². The van der Waals surface area contributed by atoms with Gasteiger partial charge in [-0.05, 0) is 43.0 Å². The molecule has 1 aromatic carbocycles. The van der Waals surface area contributed by atoms with E-state index < -0.39 is 0 Å². The second kappa shape index (κ2) is 7.05. The highest BCUT2D eigenvalue weighted by Gasteiger charge is 2.26. The van der Waals surface area contributed by atoms with E-state index in [1.807, 2.05) is 34.9 Å². The molecule has 0 aliphatic carbocycles. The number of carbonyl (C=O) groups excluding carboxylic acids is 2. The Labute approximate surface area is 147 Å². The number of hydrogen-bond acceptors (Lipinski definition) is 3. The van der Waals surface area contributed by atoms with Gasteiger partial charge < -0.3 is 15.5 Å². The van der Waals surface area contributed by atoms with Crippen molar-refractivity contribution in [2.24, 2.45) is 0 Å². The molecule has 0 unspecified atom stereocenters.